The minimum Gasteiger partial charge on any atom is -0.497 e. The zero-order chi connectivity index (χ0) is 18.3. The number of fused-ring (bicyclic) bond motifs is 1. The quantitative estimate of drug-likeness (QED) is 0.700. The van der Waals surface area contributed by atoms with Crippen LogP contribution in [0.1, 0.15) is 16.9 Å². The summed E-state index contributed by atoms with van der Waals surface area (Å²) in [7, 11) is 1.63. The van der Waals surface area contributed by atoms with Crippen LogP contribution in [0.3, 0.4) is 0 Å². The molecule has 3 aromatic rings. The molecule has 0 bridgehead atoms. The molecule has 1 N–H and O–H groups in total. The summed E-state index contributed by atoms with van der Waals surface area (Å²) in [5.41, 5.74) is 3.31. The van der Waals surface area contributed by atoms with Crippen molar-refractivity contribution in [2.24, 2.45) is 0 Å². The number of benzene rings is 1. The highest BCUT2D eigenvalue weighted by molar-refractivity contribution is 7.15. The van der Waals surface area contributed by atoms with Gasteiger partial charge in [0.25, 0.3) is 0 Å². The van der Waals surface area contributed by atoms with Crippen molar-refractivity contribution in [3.8, 4) is 5.75 Å². The summed E-state index contributed by atoms with van der Waals surface area (Å²) in [6.45, 7) is 1.17. The normalized spacial score (nSPS) is 15.4. The van der Waals surface area contributed by atoms with Crippen molar-refractivity contribution in [1.29, 1.82) is 0 Å². The minimum absolute atomic E-state index is 0.410. The molecule has 0 fully saturated rings. The highest BCUT2D eigenvalue weighted by Gasteiger charge is 2.34. The van der Waals surface area contributed by atoms with Gasteiger partial charge in [0.05, 0.1) is 13.3 Å². The van der Waals surface area contributed by atoms with E-state index >= 15 is 0 Å². The van der Waals surface area contributed by atoms with Crippen LogP contribution in [-0.2, 0) is 6.18 Å². The Kier molecular flexibility index (Phi) is 4.14. The van der Waals surface area contributed by atoms with Crippen molar-refractivity contribution in [3.05, 3.63) is 47.1 Å². The van der Waals surface area contributed by atoms with Crippen LogP contribution in [0.5, 0.6) is 5.75 Å². The molecule has 0 atom stereocenters. The third kappa shape index (κ3) is 3.05. The first kappa shape index (κ1) is 17.0. The molecule has 0 amide bonds. The molecular formula is C18H16F3N3OS. The van der Waals surface area contributed by atoms with Crippen LogP contribution in [0.25, 0.3) is 16.5 Å². The van der Waals surface area contributed by atoms with Crippen molar-refractivity contribution in [2.75, 3.05) is 25.1 Å². The number of hydrogen-bond donors (Lipinski definition) is 1. The molecule has 3 heterocycles. The second-order valence-corrected chi connectivity index (χ2v) is 7.05. The molecule has 4 nitrogen and oxygen atoms in total. The number of aromatic nitrogens is 2. The van der Waals surface area contributed by atoms with E-state index in [-0.39, 0.29) is 0 Å². The first-order valence-electron chi connectivity index (χ1n) is 8.08. The van der Waals surface area contributed by atoms with Gasteiger partial charge in [-0.1, -0.05) is 17.4 Å². The van der Waals surface area contributed by atoms with E-state index in [4.69, 9.17) is 4.74 Å². The third-order valence-corrected chi connectivity index (χ3v) is 5.59. The SMILES string of the molecule is COc1ccc2[nH]cc(C3=CCN(c4ncc(C(F)(F)F)s4)CC3)c2c1. The Labute approximate surface area is 151 Å². The van der Waals surface area contributed by atoms with Gasteiger partial charge in [-0.25, -0.2) is 4.98 Å². The summed E-state index contributed by atoms with van der Waals surface area (Å²) in [4.78, 5) is 8.41. The number of alkyl halides is 3. The van der Waals surface area contributed by atoms with Crippen molar-refractivity contribution in [1.82, 2.24) is 9.97 Å². The summed E-state index contributed by atoms with van der Waals surface area (Å²) < 4.78 is 43.6. The summed E-state index contributed by atoms with van der Waals surface area (Å²) in [5.74, 6) is 0.791. The molecule has 1 aliphatic heterocycles. The van der Waals surface area contributed by atoms with E-state index in [0.717, 1.165) is 34.8 Å². The van der Waals surface area contributed by atoms with Crippen molar-refractivity contribution < 1.29 is 17.9 Å². The number of anilines is 1. The molecule has 0 spiro atoms. The van der Waals surface area contributed by atoms with Gasteiger partial charge in [-0.05, 0) is 30.2 Å². The number of nitrogens with one attached hydrogen (secondary N) is 1. The smallest absolute Gasteiger partial charge is 0.427 e. The summed E-state index contributed by atoms with van der Waals surface area (Å²) in [6, 6.07) is 5.87. The van der Waals surface area contributed by atoms with Crippen molar-refractivity contribution in [2.45, 2.75) is 12.6 Å². The summed E-state index contributed by atoms with van der Waals surface area (Å²) >= 11 is 0.690. The standard InChI is InChI=1S/C18H16F3N3OS/c1-25-12-2-3-15-13(8-12)14(9-22-15)11-4-6-24(7-5-11)17-23-10-16(26-17)18(19,20)21/h2-4,8-10,22H,5-7H2,1H3. The Morgan fingerprint density at radius 1 is 1.31 bits per heavy atom. The summed E-state index contributed by atoms with van der Waals surface area (Å²) in [5, 5.41) is 1.49. The average molecular weight is 379 g/mol. The van der Waals surface area contributed by atoms with Crippen molar-refractivity contribution in [3.63, 3.8) is 0 Å². The molecule has 0 unspecified atom stereocenters. The van der Waals surface area contributed by atoms with Crippen LogP contribution in [0.4, 0.5) is 18.3 Å². The lowest BCUT2D eigenvalue weighted by Crippen LogP contribution is -2.27. The van der Waals surface area contributed by atoms with Gasteiger partial charge in [-0.2, -0.15) is 13.2 Å². The fourth-order valence-corrected chi connectivity index (χ4v) is 3.94. The number of H-pyrrole nitrogens is 1. The minimum atomic E-state index is -4.34. The van der Waals surface area contributed by atoms with Gasteiger partial charge >= 0.3 is 6.18 Å². The van der Waals surface area contributed by atoms with E-state index in [9.17, 15) is 13.2 Å². The molecule has 0 saturated heterocycles. The number of ether oxygens (including phenoxy) is 1. The lowest BCUT2D eigenvalue weighted by Gasteiger charge is -2.26. The second kappa shape index (κ2) is 6.35. The van der Waals surface area contributed by atoms with Crippen LogP contribution in [-0.4, -0.2) is 30.2 Å². The van der Waals surface area contributed by atoms with Crippen LogP contribution in [0.15, 0.2) is 36.7 Å². The number of halogens is 3. The van der Waals surface area contributed by atoms with Gasteiger partial charge in [-0.15, -0.1) is 0 Å². The number of nitrogens with zero attached hydrogens (tertiary/aromatic N) is 2. The van der Waals surface area contributed by atoms with Crippen LogP contribution in [0.2, 0.25) is 0 Å². The monoisotopic (exact) mass is 379 g/mol. The number of thiazole rings is 1. The Balaban J connectivity index is 1.57. The summed E-state index contributed by atoms with van der Waals surface area (Å²) in [6.07, 6.45) is 1.34. The van der Waals surface area contributed by atoms with Gasteiger partial charge in [-0.3, -0.25) is 0 Å². The van der Waals surface area contributed by atoms with Crippen molar-refractivity contribution >= 4 is 32.9 Å². The predicted octanol–water partition coefficient (Wildman–Crippen LogP) is 4.95. The van der Waals surface area contributed by atoms with E-state index in [1.54, 1.807) is 7.11 Å². The van der Waals surface area contributed by atoms with E-state index in [0.29, 0.717) is 29.6 Å². The molecule has 4 rings (SSSR count). The van der Waals surface area contributed by atoms with E-state index in [1.165, 1.54) is 5.57 Å². The Morgan fingerprint density at radius 3 is 2.81 bits per heavy atom. The maximum Gasteiger partial charge on any atom is 0.427 e. The zero-order valence-corrected chi connectivity index (χ0v) is 14.7. The van der Waals surface area contributed by atoms with Gasteiger partial charge in [0.1, 0.15) is 10.6 Å². The first-order chi connectivity index (χ1) is 12.5. The fraction of sp³-hybridized carbons (Fsp3) is 0.278. The average Bonchev–Trinajstić information content (AvgIpc) is 3.28. The fourth-order valence-electron chi connectivity index (χ4n) is 3.12. The van der Waals surface area contributed by atoms with E-state index < -0.39 is 11.1 Å². The maximum atomic E-state index is 12.8. The molecule has 0 radical (unpaired) electrons. The topological polar surface area (TPSA) is 41.1 Å². The molecule has 2 aromatic heterocycles. The number of rotatable bonds is 3. The molecule has 136 valence electrons. The highest BCUT2D eigenvalue weighted by Crippen LogP contribution is 2.38. The lowest BCUT2D eigenvalue weighted by atomic mass is 9.99. The lowest BCUT2D eigenvalue weighted by molar-refractivity contribution is -0.134. The molecular weight excluding hydrogens is 363 g/mol. The molecule has 0 aliphatic carbocycles. The van der Waals surface area contributed by atoms with Crippen LogP contribution < -0.4 is 9.64 Å². The maximum absolute atomic E-state index is 12.8. The van der Waals surface area contributed by atoms with E-state index in [2.05, 4.69) is 16.0 Å². The molecule has 8 heteroatoms. The molecule has 26 heavy (non-hydrogen) atoms. The van der Waals surface area contributed by atoms with Crippen LogP contribution in [0, 0.1) is 0 Å². The first-order valence-corrected chi connectivity index (χ1v) is 8.90. The third-order valence-electron chi connectivity index (χ3n) is 4.49. The highest BCUT2D eigenvalue weighted by atomic mass is 32.1. The van der Waals surface area contributed by atoms with Gasteiger partial charge < -0.3 is 14.6 Å². The van der Waals surface area contributed by atoms with Gasteiger partial charge in [0.2, 0.25) is 0 Å². The predicted molar refractivity (Wildman–Crippen MR) is 96.8 cm³/mol. The largest absolute Gasteiger partial charge is 0.497 e. The van der Waals surface area contributed by atoms with Gasteiger partial charge in [0, 0.05) is 35.8 Å². The Morgan fingerprint density at radius 2 is 2.15 bits per heavy atom. The Hall–Kier alpha value is -2.48. The number of aromatic amines is 1. The van der Waals surface area contributed by atoms with Gasteiger partial charge in [0.15, 0.2) is 5.13 Å². The number of hydrogen-bond acceptors (Lipinski definition) is 4. The zero-order valence-electron chi connectivity index (χ0n) is 13.9. The van der Waals surface area contributed by atoms with Crippen LogP contribution >= 0.6 is 11.3 Å². The second-order valence-electron chi connectivity index (χ2n) is 6.04. The molecule has 1 aliphatic rings. The van der Waals surface area contributed by atoms with E-state index in [1.807, 2.05) is 29.3 Å². The number of methoxy groups -OCH3 is 1. The molecule has 1 aromatic carbocycles. The Bertz CT molecular complexity index is 974. The molecule has 0 saturated carbocycles.